The zero-order chi connectivity index (χ0) is 11.2. The van der Waals surface area contributed by atoms with E-state index >= 15 is 0 Å². The van der Waals surface area contributed by atoms with Crippen molar-refractivity contribution in [1.82, 2.24) is 9.78 Å². The van der Waals surface area contributed by atoms with Crippen molar-refractivity contribution in [3.63, 3.8) is 0 Å². The Morgan fingerprint density at radius 2 is 1.94 bits per heavy atom. The first-order valence-corrected chi connectivity index (χ1v) is 5.13. The predicted molar refractivity (Wildman–Crippen MR) is 60.7 cm³/mol. The lowest BCUT2D eigenvalue weighted by Gasteiger charge is -2.06. The topological polar surface area (TPSA) is 36.3 Å². The molecule has 0 radical (unpaired) electrons. The van der Waals surface area contributed by atoms with Crippen molar-refractivity contribution in [2.75, 3.05) is 13.7 Å². The average Bonchev–Trinajstić information content (AvgIpc) is 2.83. The third-order valence-electron chi connectivity index (χ3n) is 2.21. The van der Waals surface area contributed by atoms with E-state index in [2.05, 4.69) is 5.10 Å². The quantitative estimate of drug-likeness (QED) is 0.769. The van der Waals surface area contributed by atoms with E-state index in [1.165, 1.54) is 0 Å². The summed E-state index contributed by atoms with van der Waals surface area (Å²) in [6.45, 7) is 1.35. The molecular formula is C12H14N2O2. The largest absolute Gasteiger partial charge is 0.497 e. The van der Waals surface area contributed by atoms with E-state index in [-0.39, 0.29) is 0 Å². The SMILES string of the molecule is COc1ccc(OCCn2cccn2)cc1. The lowest BCUT2D eigenvalue weighted by Crippen LogP contribution is -2.08. The summed E-state index contributed by atoms with van der Waals surface area (Å²) in [5.41, 5.74) is 0. The maximum absolute atomic E-state index is 5.56. The van der Waals surface area contributed by atoms with E-state index in [9.17, 15) is 0 Å². The summed E-state index contributed by atoms with van der Waals surface area (Å²) in [5.74, 6) is 1.67. The molecule has 0 aliphatic rings. The maximum atomic E-state index is 5.56. The summed E-state index contributed by atoms with van der Waals surface area (Å²) in [5, 5.41) is 4.09. The number of aromatic nitrogens is 2. The molecule has 0 spiro atoms. The molecule has 0 bridgehead atoms. The van der Waals surface area contributed by atoms with Gasteiger partial charge in [-0.3, -0.25) is 4.68 Å². The van der Waals surface area contributed by atoms with Gasteiger partial charge in [-0.1, -0.05) is 0 Å². The first-order valence-electron chi connectivity index (χ1n) is 5.13. The van der Waals surface area contributed by atoms with Crippen LogP contribution in [0.5, 0.6) is 11.5 Å². The number of benzene rings is 1. The van der Waals surface area contributed by atoms with Gasteiger partial charge in [-0.05, 0) is 30.3 Å². The summed E-state index contributed by atoms with van der Waals surface area (Å²) in [6.07, 6.45) is 3.67. The highest BCUT2D eigenvalue weighted by Gasteiger charge is 1.95. The number of hydrogen-bond acceptors (Lipinski definition) is 3. The molecule has 4 nitrogen and oxygen atoms in total. The molecule has 1 aromatic carbocycles. The lowest BCUT2D eigenvalue weighted by atomic mass is 10.3. The number of rotatable bonds is 5. The molecule has 4 heteroatoms. The van der Waals surface area contributed by atoms with Crippen LogP contribution in [-0.2, 0) is 6.54 Å². The molecular weight excluding hydrogens is 204 g/mol. The van der Waals surface area contributed by atoms with E-state index in [1.54, 1.807) is 13.3 Å². The van der Waals surface area contributed by atoms with Gasteiger partial charge in [0.25, 0.3) is 0 Å². The molecule has 0 amide bonds. The molecule has 2 aromatic rings. The van der Waals surface area contributed by atoms with Crippen LogP contribution in [0.1, 0.15) is 0 Å². The van der Waals surface area contributed by atoms with Crippen LogP contribution in [0.15, 0.2) is 42.7 Å². The normalized spacial score (nSPS) is 10.1. The second-order valence-electron chi connectivity index (χ2n) is 3.29. The highest BCUT2D eigenvalue weighted by molar-refractivity contribution is 5.31. The molecule has 0 saturated carbocycles. The molecule has 0 N–H and O–H groups in total. The van der Waals surface area contributed by atoms with Gasteiger partial charge in [-0.15, -0.1) is 0 Å². The van der Waals surface area contributed by atoms with Crippen molar-refractivity contribution in [3.05, 3.63) is 42.7 Å². The van der Waals surface area contributed by atoms with E-state index < -0.39 is 0 Å². The fourth-order valence-corrected chi connectivity index (χ4v) is 1.36. The minimum absolute atomic E-state index is 0.605. The standard InChI is InChI=1S/C12H14N2O2/c1-15-11-3-5-12(6-4-11)16-10-9-14-8-2-7-13-14/h2-8H,9-10H2,1H3. The Bertz CT molecular complexity index is 409. The Labute approximate surface area is 94.4 Å². The van der Waals surface area contributed by atoms with Crippen LogP contribution in [0.3, 0.4) is 0 Å². The van der Waals surface area contributed by atoms with Crippen molar-refractivity contribution >= 4 is 0 Å². The van der Waals surface area contributed by atoms with Gasteiger partial charge in [-0.2, -0.15) is 5.10 Å². The average molecular weight is 218 g/mol. The first-order chi connectivity index (χ1) is 7.88. The van der Waals surface area contributed by atoms with E-state index in [0.29, 0.717) is 6.61 Å². The molecule has 0 unspecified atom stereocenters. The molecule has 2 rings (SSSR count). The van der Waals surface area contributed by atoms with Gasteiger partial charge in [0, 0.05) is 12.4 Å². The van der Waals surface area contributed by atoms with Gasteiger partial charge in [0.1, 0.15) is 18.1 Å². The van der Waals surface area contributed by atoms with E-state index in [0.717, 1.165) is 18.0 Å². The highest BCUT2D eigenvalue weighted by Crippen LogP contribution is 2.16. The van der Waals surface area contributed by atoms with Crippen molar-refractivity contribution < 1.29 is 9.47 Å². The van der Waals surface area contributed by atoms with Crippen LogP contribution < -0.4 is 9.47 Å². The Balaban J connectivity index is 1.81. The van der Waals surface area contributed by atoms with Gasteiger partial charge >= 0.3 is 0 Å². The first kappa shape index (κ1) is 10.5. The van der Waals surface area contributed by atoms with Crippen LogP contribution in [0.4, 0.5) is 0 Å². The number of methoxy groups -OCH3 is 1. The third kappa shape index (κ3) is 2.76. The van der Waals surface area contributed by atoms with Crippen molar-refractivity contribution in [2.45, 2.75) is 6.54 Å². The summed E-state index contributed by atoms with van der Waals surface area (Å²) in [7, 11) is 1.65. The second kappa shape index (κ2) is 5.21. The third-order valence-corrected chi connectivity index (χ3v) is 2.21. The van der Waals surface area contributed by atoms with Crippen LogP contribution >= 0.6 is 0 Å². The Morgan fingerprint density at radius 3 is 2.56 bits per heavy atom. The van der Waals surface area contributed by atoms with Gasteiger partial charge in [-0.25, -0.2) is 0 Å². The van der Waals surface area contributed by atoms with Crippen LogP contribution in [0.25, 0.3) is 0 Å². The predicted octanol–water partition coefficient (Wildman–Crippen LogP) is 1.97. The Kier molecular flexibility index (Phi) is 3.43. The van der Waals surface area contributed by atoms with Crippen LogP contribution in [0.2, 0.25) is 0 Å². The van der Waals surface area contributed by atoms with Crippen LogP contribution in [0, 0.1) is 0 Å². The van der Waals surface area contributed by atoms with Crippen molar-refractivity contribution in [3.8, 4) is 11.5 Å². The monoisotopic (exact) mass is 218 g/mol. The fraction of sp³-hybridized carbons (Fsp3) is 0.250. The minimum atomic E-state index is 0.605. The summed E-state index contributed by atoms with van der Waals surface area (Å²) >= 11 is 0. The Morgan fingerprint density at radius 1 is 1.19 bits per heavy atom. The molecule has 84 valence electrons. The minimum Gasteiger partial charge on any atom is -0.497 e. The summed E-state index contributed by atoms with van der Waals surface area (Å²) < 4.78 is 12.5. The molecule has 0 atom stereocenters. The number of ether oxygens (including phenoxy) is 2. The van der Waals surface area contributed by atoms with E-state index in [4.69, 9.17) is 9.47 Å². The van der Waals surface area contributed by atoms with Gasteiger partial charge in [0.05, 0.1) is 13.7 Å². The molecule has 1 aromatic heterocycles. The molecule has 0 saturated heterocycles. The van der Waals surface area contributed by atoms with E-state index in [1.807, 2.05) is 41.2 Å². The molecule has 0 fully saturated rings. The molecule has 0 aliphatic heterocycles. The van der Waals surface area contributed by atoms with Gasteiger partial charge < -0.3 is 9.47 Å². The molecule has 1 heterocycles. The smallest absolute Gasteiger partial charge is 0.119 e. The summed E-state index contributed by atoms with van der Waals surface area (Å²) in [4.78, 5) is 0. The van der Waals surface area contributed by atoms with Crippen molar-refractivity contribution in [1.29, 1.82) is 0 Å². The maximum Gasteiger partial charge on any atom is 0.119 e. The fourth-order valence-electron chi connectivity index (χ4n) is 1.36. The zero-order valence-electron chi connectivity index (χ0n) is 9.17. The Hall–Kier alpha value is -1.97. The summed E-state index contributed by atoms with van der Waals surface area (Å²) in [6, 6.07) is 9.43. The van der Waals surface area contributed by atoms with Gasteiger partial charge in [0.2, 0.25) is 0 Å². The molecule has 0 aliphatic carbocycles. The number of nitrogens with zero attached hydrogens (tertiary/aromatic N) is 2. The van der Waals surface area contributed by atoms with Crippen molar-refractivity contribution in [2.24, 2.45) is 0 Å². The van der Waals surface area contributed by atoms with Gasteiger partial charge in [0.15, 0.2) is 0 Å². The zero-order valence-corrected chi connectivity index (χ0v) is 9.17. The van der Waals surface area contributed by atoms with Crippen LogP contribution in [-0.4, -0.2) is 23.5 Å². The molecule has 16 heavy (non-hydrogen) atoms. The number of hydrogen-bond donors (Lipinski definition) is 0. The second-order valence-corrected chi connectivity index (χ2v) is 3.29. The highest BCUT2D eigenvalue weighted by atomic mass is 16.5. The lowest BCUT2D eigenvalue weighted by molar-refractivity contribution is 0.291.